The number of ether oxygens (including phenoxy) is 1. The summed E-state index contributed by atoms with van der Waals surface area (Å²) in [4.78, 5) is 45.7. The van der Waals surface area contributed by atoms with Gasteiger partial charge in [-0.1, -0.05) is 12.2 Å². The number of halogens is 1. The van der Waals surface area contributed by atoms with Crippen LogP contribution in [-0.2, 0) is 52.4 Å². The number of thiol groups is 1. The molecule has 6 rings (SSSR count). The lowest BCUT2D eigenvalue weighted by molar-refractivity contribution is -0.0472. The highest BCUT2D eigenvalue weighted by atomic mass is 32.9. The largest absolute Gasteiger partial charge is 0.473 e. The number of nitrogens with one attached hydrogen (secondary N) is 1. The van der Waals surface area contributed by atoms with Gasteiger partial charge in [-0.25, -0.2) is 28.9 Å². The molecule has 0 aromatic carbocycles. The molecule has 4 aromatic heterocycles. The summed E-state index contributed by atoms with van der Waals surface area (Å²) < 4.78 is 59.2. The van der Waals surface area contributed by atoms with E-state index < -0.39 is 56.9 Å². The number of hydrogen-bond acceptors (Lipinski definition) is 14. The van der Waals surface area contributed by atoms with Gasteiger partial charge in [-0.05, 0) is 11.8 Å². The van der Waals surface area contributed by atoms with Gasteiger partial charge in [-0.3, -0.25) is 23.4 Å². The van der Waals surface area contributed by atoms with Crippen LogP contribution in [0.15, 0.2) is 23.6 Å². The second kappa shape index (κ2) is 10.5. The van der Waals surface area contributed by atoms with Gasteiger partial charge in [0.1, 0.15) is 36.5 Å². The maximum Gasteiger partial charge on any atom is 0.473 e. The number of nitrogen functional groups attached to an aromatic ring is 1. The van der Waals surface area contributed by atoms with E-state index in [1.165, 1.54) is 12.5 Å². The lowest BCUT2D eigenvalue weighted by atomic mass is 10.1. The molecule has 214 valence electrons. The molecule has 6 atom stereocenters. The topological polar surface area (TPSA) is 217 Å². The molecule has 2 unspecified atom stereocenters. The highest BCUT2D eigenvalue weighted by molar-refractivity contribution is 8.60. The lowest BCUT2D eigenvalue weighted by Gasteiger charge is -2.23. The molecule has 1 fully saturated rings. The number of nitrogens with zero attached hydrogens (tertiary/aromatic N) is 7. The van der Waals surface area contributed by atoms with Crippen molar-refractivity contribution in [2.45, 2.75) is 37.8 Å². The van der Waals surface area contributed by atoms with Gasteiger partial charge in [0.25, 0.3) is 5.56 Å². The van der Waals surface area contributed by atoms with Crippen LogP contribution in [-0.4, -0.2) is 75.5 Å². The Kier molecular flexibility index (Phi) is 7.27. The molecular formula is C18H20FN9O8P2S2. The third kappa shape index (κ3) is 5.32. The van der Waals surface area contributed by atoms with Crippen LogP contribution >= 0.6 is 25.8 Å². The lowest BCUT2D eigenvalue weighted by Crippen LogP contribution is -2.32. The van der Waals surface area contributed by atoms with E-state index in [9.17, 15) is 14.3 Å². The van der Waals surface area contributed by atoms with Crippen LogP contribution in [0.3, 0.4) is 0 Å². The van der Waals surface area contributed by atoms with Gasteiger partial charge in [0.2, 0.25) is 11.6 Å². The van der Waals surface area contributed by atoms with Crippen molar-refractivity contribution in [3.05, 3.63) is 35.0 Å². The molecule has 0 radical (unpaired) electrons. The van der Waals surface area contributed by atoms with Crippen LogP contribution in [0, 0.1) is 0 Å². The Bertz CT molecular complexity index is 1750. The van der Waals surface area contributed by atoms with Crippen molar-refractivity contribution in [3.8, 4) is 0 Å². The number of rotatable bonds is 1. The molecule has 0 aliphatic carbocycles. The average Bonchev–Trinajstić information content (AvgIpc) is 3.55. The number of phosphoric acid groups is 1. The summed E-state index contributed by atoms with van der Waals surface area (Å²) in [5, 5.41) is 0. The minimum absolute atomic E-state index is 0.00494. The Balaban J connectivity index is 1.38. The predicted octanol–water partition coefficient (Wildman–Crippen LogP) is 0.980. The van der Waals surface area contributed by atoms with Crippen LogP contribution in [0.25, 0.3) is 22.3 Å². The zero-order chi connectivity index (χ0) is 28.2. The van der Waals surface area contributed by atoms with Gasteiger partial charge in [0, 0.05) is 6.54 Å². The van der Waals surface area contributed by atoms with Gasteiger partial charge >= 0.3 is 7.82 Å². The van der Waals surface area contributed by atoms with Crippen LogP contribution < -0.4 is 11.3 Å². The number of alkyl halides is 1. The fraction of sp³-hybridized carbons (Fsp3) is 0.444. The molecule has 6 heterocycles. The maximum atomic E-state index is 15.8. The molecule has 2 aliphatic rings. The van der Waals surface area contributed by atoms with Crippen LogP contribution in [0.4, 0.5) is 10.3 Å². The zero-order valence-electron chi connectivity index (χ0n) is 20.0. The van der Waals surface area contributed by atoms with Crippen molar-refractivity contribution in [1.82, 2.24) is 39.0 Å². The van der Waals surface area contributed by atoms with Gasteiger partial charge in [0.15, 0.2) is 29.2 Å². The molecule has 40 heavy (non-hydrogen) atoms. The highest BCUT2D eigenvalue weighted by Gasteiger charge is 2.51. The van der Waals surface area contributed by atoms with Gasteiger partial charge in [0.05, 0.1) is 25.7 Å². The summed E-state index contributed by atoms with van der Waals surface area (Å²) >= 11 is 9.68. The van der Waals surface area contributed by atoms with Crippen LogP contribution in [0.5, 0.6) is 0 Å². The summed E-state index contributed by atoms with van der Waals surface area (Å²) in [6, 6.07) is 0. The Morgan fingerprint density at radius 3 is 2.90 bits per heavy atom. The van der Waals surface area contributed by atoms with Crippen LogP contribution in [0.1, 0.15) is 12.1 Å². The quantitative estimate of drug-likeness (QED) is 0.169. The van der Waals surface area contributed by atoms with Gasteiger partial charge < -0.3 is 29.0 Å². The molecule has 0 saturated carbocycles. The maximum absolute atomic E-state index is 15.8. The second-order valence-electron chi connectivity index (χ2n) is 8.61. The minimum Gasteiger partial charge on any atom is -0.369 e. The fourth-order valence-corrected chi connectivity index (χ4v) is 6.78. The Hall–Kier alpha value is -2.38. The SMILES string of the molecule is Nc1nc2c(ncn2[C@@H]2O[C@@H]3COP(=S)(S)OCCn4c(nc5cncnc54)COP(=O)(O)O[C@@H]2[C@@H]3F)c(=O)[nH]1. The molecular weight excluding hydrogens is 615 g/mol. The Labute approximate surface area is 233 Å². The zero-order valence-corrected chi connectivity index (χ0v) is 23.5. The number of phosphoric ester groups is 1. The summed E-state index contributed by atoms with van der Waals surface area (Å²) in [5.41, 5.74) is 2.42. The first-order valence-corrected chi connectivity index (χ1v) is 16.7. The summed E-state index contributed by atoms with van der Waals surface area (Å²) in [5.74, 6) is -0.0499. The Morgan fingerprint density at radius 1 is 1.25 bits per heavy atom. The normalized spacial score (nSPS) is 32.1. The summed E-state index contributed by atoms with van der Waals surface area (Å²) in [7, 11) is -4.96. The van der Waals surface area contributed by atoms with E-state index in [1.807, 2.05) is 0 Å². The summed E-state index contributed by atoms with van der Waals surface area (Å²) in [6.07, 6.45) is -2.69. The molecule has 17 nitrogen and oxygen atoms in total. The molecule has 1 saturated heterocycles. The molecule has 0 amide bonds. The number of hydrogen-bond donors (Lipinski definition) is 4. The monoisotopic (exact) mass is 635 g/mol. The van der Waals surface area contributed by atoms with Gasteiger partial charge in [-0.15, -0.1) is 0 Å². The number of fused-ring (bicyclic) bond motifs is 6. The van der Waals surface area contributed by atoms with E-state index in [-0.39, 0.29) is 36.1 Å². The third-order valence-corrected chi connectivity index (χ3v) is 9.34. The highest BCUT2D eigenvalue weighted by Crippen LogP contribution is 2.55. The molecule has 22 heteroatoms. The second-order valence-corrected chi connectivity index (χ2v) is 15.3. The van der Waals surface area contributed by atoms with E-state index >= 15 is 4.39 Å². The molecule has 2 bridgehead atoms. The number of aromatic amines is 1. The standard InChI is InChI=1S/C18H20FN9O8P2S2/c19-11-9-4-34-38(39,40)32-2-1-27-10(24-8-3-21-6-22-14(8)27)5-33-37(30,31)36-13(11)17(35-9)28-7-23-12-15(28)25-18(20)26-16(12)29/h3,6-7,9,11,13,17H,1-2,4-5H2,(H,30,31)(H,39,40)(H3,20,25,26,29)/t9-,11-,13-,17-/m1/s1. The molecule has 4 aromatic rings. The van der Waals surface area contributed by atoms with Crippen molar-refractivity contribution < 1.29 is 36.7 Å². The van der Waals surface area contributed by atoms with Crippen molar-refractivity contribution in [2.24, 2.45) is 0 Å². The molecule has 0 spiro atoms. The number of aromatic nitrogens is 8. The van der Waals surface area contributed by atoms with E-state index in [0.29, 0.717) is 11.2 Å². The summed E-state index contributed by atoms with van der Waals surface area (Å²) in [6.45, 7) is -0.806. The average molecular weight is 635 g/mol. The Morgan fingerprint density at radius 2 is 2.08 bits per heavy atom. The van der Waals surface area contributed by atoms with Crippen molar-refractivity contribution in [3.63, 3.8) is 0 Å². The fourth-order valence-electron chi connectivity index (χ4n) is 4.34. The minimum atomic E-state index is -4.96. The van der Waals surface area contributed by atoms with Crippen molar-refractivity contribution in [1.29, 1.82) is 0 Å². The first-order chi connectivity index (χ1) is 19.0. The van der Waals surface area contributed by atoms with Crippen molar-refractivity contribution >= 4 is 65.8 Å². The number of imidazole rings is 2. The van der Waals surface area contributed by atoms with E-state index in [1.54, 1.807) is 4.57 Å². The first-order valence-electron chi connectivity index (χ1n) is 11.5. The van der Waals surface area contributed by atoms with Gasteiger partial charge in [-0.2, -0.15) is 4.98 Å². The third-order valence-electron chi connectivity index (χ3n) is 6.06. The number of nitrogens with two attached hydrogens (primary N) is 1. The molecule has 4 N–H and O–H groups in total. The smallest absolute Gasteiger partial charge is 0.369 e. The first kappa shape index (κ1) is 27.8. The van der Waals surface area contributed by atoms with E-state index in [4.69, 9.17) is 40.4 Å². The number of anilines is 1. The van der Waals surface area contributed by atoms with Crippen LogP contribution in [0.2, 0.25) is 0 Å². The molecule has 2 aliphatic heterocycles. The predicted molar refractivity (Wildman–Crippen MR) is 141 cm³/mol. The number of H-pyrrole nitrogens is 1. The van der Waals surface area contributed by atoms with Crippen molar-refractivity contribution in [2.75, 3.05) is 18.9 Å². The van der Waals surface area contributed by atoms with E-state index in [0.717, 1.165) is 10.9 Å². The van der Waals surface area contributed by atoms with E-state index in [2.05, 4.69) is 42.2 Å².